The number of fused-ring (bicyclic) bond motifs is 2. The zero-order valence-electron chi connectivity index (χ0n) is 25.7. The number of rotatable bonds is 8. The highest BCUT2D eigenvalue weighted by Gasteiger charge is 2.32. The molecule has 13 heteroatoms. The van der Waals surface area contributed by atoms with Gasteiger partial charge in [0.25, 0.3) is 10.0 Å². The van der Waals surface area contributed by atoms with Gasteiger partial charge in [0.1, 0.15) is 11.9 Å². The van der Waals surface area contributed by atoms with E-state index in [1.54, 1.807) is 44.1 Å². The van der Waals surface area contributed by atoms with Crippen molar-refractivity contribution in [3.05, 3.63) is 78.8 Å². The molecular weight excluding hydrogens is 596 g/mol. The molecule has 0 unspecified atom stereocenters. The molecule has 0 saturated carbocycles. The fourth-order valence-corrected chi connectivity index (χ4v) is 6.38. The molecule has 0 aliphatic carbocycles. The molecule has 12 nitrogen and oxygen atoms in total. The Morgan fingerprint density at radius 3 is 2.67 bits per heavy atom. The van der Waals surface area contributed by atoms with Gasteiger partial charge in [0, 0.05) is 49.4 Å². The second-order valence-corrected chi connectivity index (χ2v) is 13.2. The van der Waals surface area contributed by atoms with Crippen LogP contribution in [0.2, 0.25) is 0 Å². The van der Waals surface area contributed by atoms with Crippen molar-refractivity contribution in [2.75, 3.05) is 36.8 Å². The van der Waals surface area contributed by atoms with Gasteiger partial charge in [-0.2, -0.15) is 8.42 Å². The molecule has 45 heavy (non-hydrogen) atoms. The number of amides is 3. The molecule has 3 amide bonds. The van der Waals surface area contributed by atoms with E-state index in [9.17, 15) is 23.1 Å². The number of aliphatic hydroxyl groups is 1. The number of hydrogen-bond acceptors (Lipinski definition) is 7. The van der Waals surface area contributed by atoms with Crippen molar-refractivity contribution in [2.24, 2.45) is 13.0 Å². The Labute approximate surface area is 262 Å². The maximum Gasteiger partial charge on any atom is 0.321 e. The fraction of sp³-hybridized carbons (Fsp3) is 0.344. The molecular formula is C32H38N6O6S. The van der Waals surface area contributed by atoms with Crippen LogP contribution in [0.3, 0.4) is 0 Å². The van der Waals surface area contributed by atoms with Crippen LogP contribution in [0.15, 0.2) is 78.2 Å². The Bertz CT molecular complexity index is 1800. The minimum atomic E-state index is -3.97. The van der Waals surface area contributed by atoms with Gasteiger partial charge in [0.05, 0.1) is 37.6 Å². The lowest BCUT2D eigenvalue weighted by molar-refractivity contribution is -0.134. The zero-order chi connectivity index (χ0) is 32.3. The summed E-state index contributed by atoms with van der Waals surface area (Å²) >= 11 is 0. The van der Waals surface area contributed by atoms with Crippen molar-refractivity contribution in [3.63, 3.8) is 0 Å². The molecule has 3 aromatic carbocycles. The molecule has 1 aliphatic rings. The Morgan fingerprint density at radius 1 is 1.18 bits per heavy atom. The van der Waals surface area contributed by atoms with E-state index < -0.39 is 22.2 Å². The zero-order valence-corrected chi connectivity index (χ0v) is 26.5. The van der Waals surface area contributed by atoms with Gasteiger partial charge in [0.15, 0.2) is 5.03 Å². The summed E-state index contributed by atoms with van der Waals surface area (Å²) in [6, 6.07) is 17.5. The summed E-state index contributed by atoms with van der Waals surface area (Å²) in [5.41, 5.74) is 1.40. The van der Waals surface area contributed by atoms with Crippen LogP contribution in [-0.2, 0) is 28.3 Å². The van der Waals surface area contributed by atoms with Gasteiger partial charge in [-0.15, -0.1) is 0 Å². The number of sulfonamides is 1. The van der Waals surface area contributed by atoms with Crippen molar-refractivity contribution >= 4 is 44.1 Å². The quantitative estimate of drug-likeness (QED) is 0.268. The third-order valence-corrected chi connectivity index (χ3v) is 9.22. The average molecular weight is 635 g/mol. The van der Waals surface area contributed by atoms with E-state index >= 15 is 0 Å². The van der Waals surface area contributed by atoms with Crippen LogP contribution in [0, 0.1) is 5.92 Å². The van der Waals surface area contributed by atoms with Crippen molar-refractivity contribution in [3.8, 4) is 5.75 Å². The SMILES string of the molecule is C[C@H]1CN([C@@H](C)CO)C(=O)Cc2cc(NS(=O)(=O)c3cn(C)cn3)ccc2O[C@H]1CN(C)C(=O)Nc1cccc2ccccc12. The highest BCUT2D eigenvalue weighted by atomic mass is 32.2. The lowest BCUT2D eigenvalue weighted by Gasteiger charge is -2.34. The number of imidazole rings is 1. The largest absolute Gasteiger partial charge is 0.488 e. The predicted octanol–water partition coefficient (Wildman–Crippen LogP) is 3.69. The maximum absolute atomic E-state index is 13.5. The molecule has 3 N–H and O–H groups in total. The van der Waals surface area contributed by atoms with E-state index in [-0.39, 0.29) is 54.7 Å². The van der Waals surface area contributed by atoms with Crippen molar-refractivity contribution in [2.45, 2.75) is 37.4 Å². The van der Waals surface area contributed by atoms with E-state index in [1.165, 1.54) is 22.0 Å². The average Bonchev–Trinajstić information content (AvgIpc) is 3.48. The summed E-state index contributed by atoms with van der Waals surface area (Å²) in [4.78, 5) is 34.0. The Kier molecular flexibility index (Phi) is 9.30. The number of urea groups is 1. The lowest BCUT2D eigenvalue weighted by Crippen LogP contribution is -2.48. The van der Waals surface area contributed by atoms with E-state index in [2.05, 4.69) is 15.0 Å². The molecule has 3 atom stereocenters. The molecule has 0 fully saturated rings. The van der Waals surface area contributed by atoms with Crippen LogP contribution in [0.4, 0.5) is 16.2 Å². The third-order valence-electron chi connectivity index (χ3n) is 7.96. The number of ether oxygens (including phenoxy) is 1. The highest BCUT2D eigenvalue weighted by Crippen LogP contribution is 2.30. The van der Waals surface area contributed by atoms with Gasteiger partial charge in [-0.05, 0) is 36.6 Å². The van der Waals surface area contributed by atoms with E-state index in [1.807, 2.05) is 49.4 Å². The van der Waals surface area contributed by atoms with E-state index in [0.717, 1.165) is 10.8 Å². The lowest BCUT2D eigenvalue weighted by atomic mass is 10.0. The molecule has 1 aliphatic heterocycles. The Morgan fingerprint density at radius 2 is 1.93 bits per heavy atom. The van der Waals surface area contributed by atoms with Gasteiger partial charge >= 0.3 is 6.03 Å². The molecule has 1 aromatic heterocycles. The number of aromatic nitrogens is 2. The van der Waals surface area contributed by atoms with Gasteiger partial charge in [0.2, 0.25) is 5.91 Å². The number of hydrogen-bond donors (Lipinski definition) is 3. The van der Waals surface area contributed by atoms with E-state index in [4.69, 9.17) is 4.74 Å². The smallest absolute Gasteiger partial charge is 0.321 e. The molecule has 0 radical (unpaired) electrons. The van der Waals surface area contributed by atoms with Crippen molar-refractivity contribution in [1.29, 1.82) is 0 Å². The van der Waals surface area contributed by atoms with E-state index in [0.29, 0.717) is 17.0 Å². The number of likely N-dealkylation sites (N-methyl/N-ethyl adjacent to an activating group) is 1. The summed E-state index contributed by atoms with van der Waals surface area (Å²) in [6.45, 7) is 3.96. The first-order valence-electron chi connectivity index (χ1n) is 14.7. The van der Waals surface area contributed by atoms with Crippen molar-refractivity contribution < 1.29 is 27.9 Å². The normalized spacial score (nSPS) is 17.8. The molecule has 238 valence electrons. The molecule has 0 spiro atoms. The fourth-order valence-electron chi connectivity index (χ4n) is 5.34. The first-order chi connectivity index (χ1) is 21.4. The maximum atomic E-state index is 13.5. The number of benzene rings is 3. The van der Waals surface area contributed by atoms with Crippen molar-refractivity contribution in [1.82, 2.24) is 19.4 Å². The molecule has 0 saturated heterocycles. The molecule has 4 aromatic rings. The number of carbonyl (C=O) groups is 2. The summed E-state index contributed by atoms with van der Waals surface area (Å²) in [5.74, 6) is -0.0629. The van der Waals surface area contributed by atoms with Crippen LogP contribution in [0.25, 0.3) is 10.8 Å². The Hall–Kier alpha value is -4.62. The highest BCUT2D eigenvalue weighted by molar-refractivity contribution is 7.92. The van der Waals surface area contributed by atoms with Crippen LogP contribution >= 0.6 is 0 Å². The number of anilines is 2. The second-order valence-electron chi connectivity index (χ2n) is 11.5. The van der Waals surface area contributed by atoms with Crippen LogP contribution in [0.5, 0.6) is 5.75 Å². The van der Waals surface area contributed by atoms with Gasteiger partial charge in [-0.1, -0.05) is 43.3 Å². The molecule has 5 rings (SSSR count). The Balaban J connectivity index is 1.41. The monoisotopic (exact) mass is 634 g/mol. The van der Waals surface area contributed by atoms with Gasteiger partial charge in [-0.25, -0.2) is 9.78 Å². The first kappa shape index (κ1) is 31.8. The number of aliphatic hydroxyl groups excluding tert-OH is 1. The number of nitrogens with zero attached hydrogens (tertiary/aromatic N) is 4. The minimum Gasteiger partial charge on any atom is -0.488 e. The van der Waals surface area contributed by atoms with Crippen LogP contribution < -0.4 is 14.8 Å². The minimum absolute atomic E-state index is 0.0737. The van der Waals surface area contributed by atoms with Gasteiger partial charge in [-0.3, -0.25) is 9.52 Å². The first-order valence-corrected chi connectivity index (χ1v) is 16.1. The van der Waals surface area contributed by atoms with Gasteiger partial charge < -0.3 is 29.5 Å². The summed E-state index contributed by atoms with van der Waals surface area (Å²) in [6.07, 6.45) is 2.17. The molecule has 0 bridgehead atoms. The number of nitrogens with one attached hydrogen (secondary N) is 2. The number of carbonyl (C=O) groups excluding carboxylic acids is 2. The standard InChI is InChI=1S/C32H38N6O6S/c1-21-16-38(22(2)19-39)31(40)15-24-14-25(35-45(42,43)30-18-36(3)20-33-30)12-13-28(24)44-29(21)17-37(4)32(41)34-27-11-7-9-23-8-5-6-10-26(23)27/h5-14,18,20-22,29,35,39H,15-17,19H2,1-4H3,(H,34,41)/t21-,22-,29-/m0/s1. The van der Waals surface area contributed by atoms with Crippen LogP contribution in [0.1, 0.15) is 19.4 Å². The molecule has 2 heterocycles. The van der Waals surface area contributed by atoms with Crippen LogP contribution in [-0.4, -0.2) is 83.7 Å². The number of aryl methyl sites for hydroxylation is 1. The predicted molar refractivity (Wildman–Crippen MR) is 172 cm³/mol. The summed E-state index contributed by atoms with van der Waals surface area (Å²) in [5, 5.41) is 14.7. The summed E-state index contributed by atoms with van der Waals surface area (Å²) in [7, 11) is -0.621. The second kappa shape index (κ2) is 13.2. The summed E-state index contributed by atoms with van der Waals surface area (Å²) < 4.78 is 36.4. The topological polar surface area (TPSA) is 146 Å². The third kappa shape index (κ3) is 7.21.